The number of ether oxygens (including phenoxy) is 1. The molecule has 0 radical (unpaired) electrons. The summed E-state index contributed by atoms with van der Waals surface area (Å²) in [7, 11) is 0. The molecule has 0 aliphatic carbocycles. The van der Waals surface area contributed by atoms with Gasteiger partial charge in [0, 0.05) is 23.7 Å². The Morgan fingerprint density at radius 2 is 1.90 bits per heavy atom. The molecule has 0 unspecified atom stereocenters. The van der Waals surface area contributed by atoms with Gasteiger partial charge in [-0.05, 0) is 56.2 Å². The van der Waals surface area contributed by atoms with Crippen LogP contribution in [0.1, 0.15) is 41.9 Å². The van der Waals surface area contributed by atoms with Gasteiger partial charge in [0.1, 0.15) is 5.76 Å². The highest BCUT2D eigenvalue weighted by atomic mass is 35.5. The molecular formula is C21H23ClN2O5. The first-order valence-electron chi connectivity index (χ1n) is 9.48. The van der Waals surface area contributed by atoms with Gasteiger partial charge in [-0.2, -0.15) is 0 Å². The minimum absolute atomic E-state index is 0.0835. The maximum atomic E-state index is 12.5. The van der Waals surface area contributed by atoms with Gasteiger partial charge in [0.2, 0.25) is 0 Å². The number of amides is 2. The third-order valence-corrected chi connectivity index (χ3v) is 5.15. The molecule has 1 atom stereocenters. The second-order valence-electron chi connectivity index (χ2n) is 6.99. The maximum Gasteiger partial charge on any atom is 0.309 e. The fourth-order valence-corrected chi connectivity index (χ4v) is 3.37. The van der Waals surface area contributed by atoms with Crippen LogP contribution in [0.2, 0.25) is 5.02 Å². The summed E-state index contributed by atoms with van der Waals surface area (Å²) in [6, 6.07) is 9.92. The number of carbonyl (C=O) groups is 3. The lowest BCUT2D eigenvalue weighted by molar-refractivity contribution is -0.154. The summed E-state index contributed by atoms with van der Waals surface area (Å²) in [4.78, 5) is 38.4. The Morgan fingerprint density at radius 3 is 2.52 bits per heavy atom. The van der Waals surface area contributed by atoms with E-state index in [2.05, 4.69) is 5.32 Å². The number of piperidine rings is 1. The molecule has 154 valence electrons. The second kappa shape index (κ2) is 9.60. The number of nitrogens with one attached hydrogen (secondary N) is 1. The Bertz CT molecular complexity index is 842. The molecule has 3 rings (SSSR count). The number of likely N-dealkylation sites (tertiary alicyclic amines) is 1. The highest BCUT2D eigenvalue weighted by Crippen LogP contribution is 2.21. The van der Waals surface area contributed by atoms with Crippen LogP contribution in [0.25, 0.3) is 0 Å². The van der Waals surface area contributed by atoms with Crippen LogP contribution in [0.15, 0.2) is 47.1 Å². The molecule has 2 amide bonds. The van der Waals surface area contributed by atoms with E-state index in [9.17, 15) is 14.4 Å². The molecule has 0 saturated carbocycles. The SMILES string of the molecule is C[C@H](NC(=O)COC(=O)C1CCN(C(=O)c2ccc(Cl)cc2)CC1)c1ccco1. The maximum absolute atomic E-state index is 12.5. The van der Waals surface area contributed by atoms with Gasteiger partial charge in [0.05, 0.1) is 18.2 Å². The molecule has 0 spiro atoms. The van der Waals surface area contributed by atoms with Crippen molar-refractivity contribution in [1.82, 2.24) is 10.2 Å². The Labute approximate surface area is 174 Å². The minimum Gasteiger partial charge on any atom is -0.467 e. The summed E-state index contributed by atoms with van der Waals surface area (Å²) in [5.74, 6) is -0.580. The van der Waals surface area contributed by atoms with Gasteiger partial charge in [-0.1, -0.05) is 11.6 Å². The average Bonchev–Trinajstić information content (AvgIpc) is 3.27. The second-order valence-corrected chi connectivity index (χ2v) is 7.42. The van der Waals surface area contributed by atoms with Gasteiger partial charge >= 0.3 is 5.97 Å². The quantitative estimate of drug-likeness (QED) is 0.727. The largest absolute Gasteiger partial charge is 0.467 e. The number of carbonyl (C=O) groups excluding carboxylic acids is 3. The van der Waals surface area contributed by atoms with Crippen LogP contribution in [-0.2, 0) is 14.3 Å². The van der Waals surface area contributed by atoms with Crippen molar-refractivity contribution in [1.29, 1.82) is 0 Å². The monoisotopic (exact) mass is 418 g/mol. The van der Waals surface area contributed by atoms with E-state index in [1.54, 1.807) is 48.2 Å². The van der Waals surface area contributed by atoms with E-state index in [0.29, 0.717) is 42.3 Å². The van der Waals surface area contributed by atoms with E-state index in [1.165, 1.54) is 6.26 Å². The summed E-state index contributed by atoms with van der Waals surface area (Å²) in [6.07, 6.45) is 2.53. The summed E-state index contributed by atoms with van der Waals surface area (Å²) >= 11 is 5.85. The number of nitrogens with zero attached hydrogens (tertiary/aromatic N) is 1. The zero-order valence-electron chi connectivity index (χ0n) is 16.1. The Hall–Kier alpha value is -2.80. The molecule has 8 heteroatoms. The summed E-state index contributed by atoms with van der Waals surface area (Å²) in [6.45, 7) is 2.37. The molecular weight excluding hydrogens is 396 g/mol. The van der Waals surface area contributed by atoms with E-state index in [4.69, 9.17) is 20.8 Å². The number of hydrogen-bond donors (Lipinski definition) is 1. The van der Waals surface area contributed by atoms with Crippen molar-refractivity contribution >= 4 is 29.4 Å². The van der Waals surface area contributed by atoms with Crippen LogP contribution in [0.4, 0.5) is 0 Å². The van der Waals surface area contributed by atoms with Crippen LogP contribution in [0.3, 0.4) is 0 Å². The minimum atomic E-state index is -0.413. The van der Waals surface area contributed by atoms with Crippen LogP contribution in [0, 0.1) is 5.92 Å². The van der Waals surface area contributed by atoms with E-state index in [-0.39, 0.29) is 24.5 Å². The number of esters is 1. The van der Waals surface area contributed by atoms with Crippen molar-refractivity contribution in [3.63, 3.8) is 0 Å². The van der Waals surface area contributed by atoms with Crippen molar-refractivity contribution in [2.45, 2.75) is 25.8 Å². The van der Waals surface area contributed by atoms with Crippen LogP contribution >= 0.6 is 11.6 Å². The smallest absolute Gasteiger partial charge is 0.309 e. The number of hydrogen-bond acceptors (Lipinski definition) is 5. The van der Waals surface area contributed by atoms with Crippen molar-refractivity contribution in [2.24, 2.45) is 5.92 Å². The summed E-state index contributed by atoms with van der Waals surface area (Å²) < 4.78 is 10.4. The highest BCUT2D eigenvalue weighted by molar-refractivity contribution is 6.30. The molecule has 1 aromatic heterocycles. The first kappa shape index (κ1) is 20.9. The first-order valence-corrected chi connectivity index (χ1v) is 9.86. The van der Waals surface area contributed by atoms with Gasteiger partial charge in [-0.25, -0.2) is 0 Å². The molecule has 1 saturated heterocycles. The van der Waals surface area contributed by atoms with E-state index >= 15 is 0 Å². The fourth-order valence-electron chi connectivity index (χ4n) is 3.24. The normalized spacial score (nSPS) is 15.6. The predicted molar refractivity (Wildman–Crippen MR) is 106 cm³/mol. The number of rotatable bonds is 6. The number of benzene rings is 1. The zero-order valence-corrected chi connectivity index (χ0v) is 16.9. The fraction of sp³-hybridized carbons (Fsp3) is 0.381. The van der Waals surface area contributed by atoms with Crippen LogP contribution in [-0.4, -0.2) is 42.4 Å². The average molecular weight is 419 g/mol. The van der Waals surface area contributed by atoms with E-state index in [1.807, 2.05) is 0 Å². The van der Waals surface area contributed by atoms with Crippen molar-refractivity contribution in [3.05, 3.63) is 59.0 Å². The Balaban J connectivity index is 1.41. The van der Waals surface area contributed by atoms with Crippen molar-refractivity contribution in [3.8, 4) is 0 Å². The van der Waals surface area contributed by atoms with Gasteiger partial charge < -0.3 is 19.4 Å². The van der Waals surface area contributed by atoms with Gasteiger partial charge in [0.25, 0.3) is 11.8 Å². The number of furan rings is 1. The molecule has 1 aliphatic heterocycles. The molecule has 1 fully saturated rings. The van der Waals surface area contributed by atoms with Gasteiger partial charge in [-0.15, -0.1) is 0 Å². The highest BCUT2D eigenvalue weighted by Gasteiger charge is 2.29. The molecule has 1 N–H and O–H groups in total. The summed E-state index contributed by atoms with van der Waals surface area (Å²) in [5, 5.41) is 3.29. The van der Waals surface area contributed by atoms with E-state index in [0.717, 1.165) is 0 Å². The van der Waals surface area contributed by atoms with Crippen molar-refractivity contribution in [2.75, 3.05) is 19.7 Å². The molecule has 7 nitrogen and oxygen atoms in total. The van der Waals surface area contributed by atoms with Crippen molar-refractivity contribution < 1.29 is 23.5 Å². The molecule has 29 heavy (non-hydrogen) atoms. The Morgan fingerprint density at radius 1 is 1.21 bits per heavy atom. The topological polar surface area (TPSA) is 88.9 Å². The Kier molecular flexibility index (Phi) is 6.93. The molecule has 1 aromatic carbocycles. The molecule has 2 heterocycles. The van der Waals surface area contributed by atoms with Gasteiger partial charge in [0.15, 0.2) is 6.61 Å². The zero-order chi connectivity index (χ0) is 20.8. The molecule has 1 aliphatic rings. The summed E-state index contributed by atoms with van der Waals surface area (Å²) in [5.41, 5.74) is 0.567. The van der Waals surface area contributed by atoms with Crippen LogP contribution < -0.4 is 5.32 Å². The number of halogens is 1. The van der Waals surface area contributed by atoms with Gasteiger partial charge in [-0.3, -0.25) is 14.4 Å². The van der Waals surface area contributed by atoms with Crippen LogP contribution in [0.5, 0.6) is 0 Å². The standard InChI is InChI=1S/C21H23ClN2O5/c1-14(18-3-2-12-28-18)23-19(25)13-29-21(27)16-8-10-24(11-9-16)20(26)15-4-6-17(22)7-5-15/h2-7,12,14,16H,8-11,13H2,1H3,(H,23,25)/t14-/m0/s1. The molecule has 0 bridgehead atoms. The third-order valence-electron chi connectivity index (χ3n) is 4.90. The lowest BCUT2D eigenvalue weighted by Crippen LogP contribution is -2.41. The predicted octanol–water partition coefficient (Wildman–Crippen LogP) is 3.21. The lowest BCUT2D eigenvalue weighted by Gasteiger charge is -2.31. The first-order chi connectivity index (χ1) is 13.9. The lowest BCUT2D eigenvalue weighted by atomic mass is 9.96. The van der Waals surface area contributed by atoms with E-state index < -0.39 is 11.9 Å². The molecule has 2 aromatic rings. The third kappa shape index (κ3) is 5.60.